The number of anilines is 1. The van der Waals surface area contributed by atoms with Gasteiger partial charge in [0.15, 0.2) is 5.13 Å². The van der Waals surface area contributed by atoms with Gasteiger partial charge in [0.1, 0.15) is 0 Å². The molecule has 1 unspecified atom stereocenters. The fourth-order valence-electron chi connectivity index (χ4n) is 2.42. The van der Waals surface area contributed by atoms with Crippen LogP contribution in [0, 0.1) is 5.92 Å². The van der Waals surface area contributed by atoms with Crippen molar-refractivity contribution in [3.63, 3.8) is 0 Å². The minimum Gasteiger partial charge on any atom is -0.396 e. The fourth-order valence-corrected chi connectivity index (χ4v) is 3.20. The van der Waals surface area contributed by atoms with Crippen LogP contribution < -0.4 is 5.73 Å². The second-order valence-corrected chi connectivity index (χ2v) is 5.89. The second-order valence-electron chi connectivity index (χ2n) is 4.82. The molecule has 0 radical (unpaired) electrons. The number of hydrogen-bond acceptors (Lipinski definition) is 5. The Kier molecular flexibility index (Phi) is 3.12. The molecule has 1 aromatic heterocycles. The fraction of sp³-hybridized carbons (Fsp3) is 0.385. The van der Waals surface area contributed by atoms with Crippen molar-refractivity contribution in [3.05, 3.63) is 23.8 Å². The number of carbonyl (C=O) groups excluding carboxylic acids is 1. The van der Waals surface area contributed by atoms with E-state index in [2.05, 4.69) is 4.98 Å². The van der Waals surface area contributed by atoms with E-state index < -0.39 is 0 Å². The summed E-state index contributed by atoms with van der Waals surface area (Å²) in [5.41, 5.74) is 7.15. The van der Waals surface area contributed by atoms with Crippen LogP contribution in [0.5, 0.6) is 0 Å². The molecular formula is C13H15N3O2S. The number of benzene rings is 1. The van der Waals surface area contributed by atoms with Gasteiger partial charge in [0, 0.05) is 31.2 Å². The predicted molar refractivity (Wildman–Crippen MR) is 75.1 cm³/mol. The third-order valence-corrected chi connectivity index (χ3v) is 4.33. The van der Waals surface area contributed by atoms with Gasteiger partial charge in [-0.3, -0.25) is 4.79 Å². The number of nitrogens with zero attached hydrogens (tertiary/aromatic N) is 2. The molecule has 0 aliphatic carbocycles. The van der Waals surface area contributed by atoms with Crippen LogP contribution >= 0.6 is 11.3 Å². The maximum absolute atomic E-state index is 12.4. The van der Waals surface area contributed by atoms with Crippen molar-refractivity contribution >= 4 is 32.6 Å². The Balaban J connectivity index is 1.85. The smallest absolute Gasteiger partial charge is 0.253 e. The summed E-state index contributed by atoms with van der Waals surface area (Å²) < 4.78 is 0.932. The number of fused-ring (bicyclic) bond motifs is 1. The minimum absolute atomic E-state index is 0.0184. The number of carbonyl (C=O) groups is 1. The lowest BCUT2D eigenvalue weighted by Gasteiger charge is -2.16. The number of amides is 1. The van der Waals surface area contributed by atoms with Crippen LogP contribution in [0.3, 0.4) is 0 Å². The monoisotopic (exact) mass is 277 g/mol. The average Bonchev–Trinajstić information content (AvgIpc) is 3.01. The summed E-state index contributed by atoms with van der Waals surface area (Å²) in [4.78, 5) is 18.3. The molecule has 5 nitrogen and oxygen atoms in total. The Morgan fingerprint density at radius 3 is 3.16 bits per heavy atom. The molecule has 1 aliphatic rings. The SMILES string of the molecule is Nc1nc2ccc(C(=O)N3CCC(CO)C3)cc2s1. The Morgan fingerprint density at radius 1 is 1.58 bits per heavy atom. The van der Waals surface area contributed by atoms with Gasteiger partial charge in [-0.05, 0) is 24.6 Å². The quantitative estimate of drug-likeness (QED) is 0.868. The van der Waals surface area contributed by atoms with Crippen molar-refractivity contribution in [1.82, 2.24) is 9.88 Å². The van der Waals surface area contributed by atoms with E-state index in [9.17, 15) is 4.79 Å². The van der Waals surface area contributed by atoms with Crippen molar-refractivity contribution in [1.29, 1.82) is 0 Å². The summed E-state index contributed by atoms with van der Waals surface area (Å²) in [6, 6.07) is 5.46. The van der Waals surface area contributed by atoms with Gasteiger partial charge in [-0.2, -0.15) is 0 Å². The third-order valence-electron chi connectivity index (χ3n) is 3.48. The first-order valence-electron chi connectivity index (χ1n) is 6.23. The first kappa shape index (κ1) is 12.4. The molecule has 1 aliphatic heterocycles. The number of aliphatic hydroxyl groups excluding tert-OH is 1. The molecule has 0 bridgehead atoms. The van der Waals surface area contributed by atoms with Crippen LogP contribution in [-0.2, 0) is 0 Å². The van der Waals surface area contributed by atoms with Crippen LogP contribution in [0.2, 0.25) is 0 Å². The molecule has 100 valence electrons. The Bertz CT molecular complexity index is 625. The lowest BCUT2D eigenvalue weighted by Crippen LogP contribution is -2.29. The van der Waals surface area contributed by atoms with E-state index >= 15 is 0 Å². The van der Waals surface area contributed by atoms with Gasteiger partial charge in [-0.1, -0.05) is 11.3 Å². The zero-order valence-corrected chi connectivity index (χ0v) is 11.2. The molecular weight excluding hydrogens is 262 g/mol. The largest absolute Gasteiger partial charge is 0.396 e. The van der Waals surface area contributed by atoms with Gasteiger partial charge in [-0.25, -0.2) is 4.98 Å². The summed E-state index contributed by atoms with van der Waals surface area (Å²) in [6.45, 7) is 1.50. The van der Waals surface area contributed by atoms with Gasteiger partial charge in [0.05, 0.1) is 10.2 Å². The van der Waals surface area contributed by atoms with Gasteiger partial charge >= 0.3 is 0 Å². The summed E-state index contributed by atoms with van der Waals surface area (Å²) in [5, 5.41) is 9.64. The van der Waals surface area contributed by atoms with Crippen molar-refractivity contribution < 1.29 is 9.90 Å². The highest BCUT2D eigenvalue weighted by atomic mass is 32.1. The number of thiazole rings is 1. The number of hydrogen-bond donors (Lipinski definition) is 2. The highest BCUT2D eigenvalue weighted by Crippen LogP contribution is 2.26. The van der Waals surface area contributed by atoms with E-state index in [-0.39, 0.29) is 18.4 Å². The summed E-state index contributed by atoms with van der Waals surface area (Å²) in [6.07, 6.45) is 0.873. The average molecular weight is 277 g/mol. The van der Waals surface area contributed by atoms with E-state index in [1.807, 2.05) is 12.1 Å². The molecule has 2 heterocycles. The standard InChI is InChI=1S/C13H15N3O2S/c14-13-15-10-2-1-9(5-11(10)19-13)12(18)16-4-3-8(6-16)7-17/h1-2,5,8,17H,3-4,6-7H2,(H2,14,15). The molecule has 1 aromatic carbocycles. The molecule has 0 saturated carbocycles. The van der Waals surface area contributed by atoms with E-state index in [0.717, 1.165) is 16.6 Å². The topological polar surface area (TPSA) is 79.5 Å². The molecule has 1 fully saturated rings. The van der Waals surface area contributed by atoms with Crippen molar-refractivity contribution in [2.75, 3.05) is 25.4 Å². The molecule has 0 spiro atoms. The molecule has 19 heavy (non-hydrogen) atoms. The number of aromatic nitrogens is 1. The van der Waals surface area contributed by atoms with Gasteiger partial charge in [-0.15, -0.1) is 0 Å². The molecule has 1 saturated heterocycles. The molecule has 3 rings (SSSR count). The number of aliphatic hydroxyl groups is 1. The number of rotatable bonds is 2. The highest BCUT2D eigenvalue weighted by molar-refractivity contribution is 7.22. The van der Waals surface area contributed by atoms with Crippen LogP contribution in [-0.4, -0.2) is 40.6 Å². The Hall–Kier alpha value is -1.66. The lowest BCUT2D eigenvalue weighted by atomic mass is 10.1. The van der Waals surface area contributed by atoms with Crippen molar-refractivity contribution in [2.45, 2.75) is 6.42 Å². The summed E-state index contributed by atoms with van der Waals surface area (Å²) in [5.74, 6) is 0.233. The van der Waals surface area contributed by atoms with Crippen molar-refractivity contribution in [2.24, 2.45) is 5.92 Å². The number of likely N-dealkylation sites (tertiary alicyclic amines) is 1. The molecule has 1 atom stereocenters. The summed E-state index contributed by atoms with van der Waals surface area (Å²) in [7, 11) is 0. The maximum Gasteiger partial charge on any atom is 0.253 e. The van der Waals surface area contributed by atoms with E-state index in [1.165, 1.54) is 11.3 Å². The molecule has 2 aromatic rings. The van der Waals surface area contributed by atoms with E-state index in [0.29, 0.717) is 23.8 Å². The Morgan fingerprint density at radius 2 is 2.42 bits per heavy atom. The third kappa shape index (κ3) is 2.29. The van der Waals surface area contributed by atoms with Crippen LogP contribution in [0.1, 0.15) is 16.8 Å². The zero-order chi connectivity index (χ0) is 13.4. The summed E-state index contributed by atoms with van der Waals surface area (Å²) >= 11 is 1.39. The minimum atomic E-state index is 0.0184. The Labute approximate surface area is 114 Å². The van der Waals surface area contributed by atoms with Crippen LogP contribution in [0.4, 0.5) is 5.13 Å². The van der Waals surface area contributed by atoms with Crippen LogP contribution in [0.25, 0.3) is 10.2 Å². The zero-order valence-electron chi connectivity index (χ0n) is 10.4. The van der Waals surface area contributed by atoms with Gasteiger partial charge in [0.2, 0.25) is 0 Å². The molecule has 3 N–H and O–H groups in total. The lowest BCUT2D eigenvalue weighted by molar-refractivity contribution is 0.0782. The van der Waals surface area contributed by atoms with E-state index in [1.54, 1.807) is 11.0 Å². The van der Waals surface area contributed by atoms with Gasteiger partial charge in [0.25, 0.3) is 5.91 Å². The predicted octanol–water partition coefficient (Wildman–Crippen LogP) is 1.33. The van der Waals surface area contributed by atoms with Crippen LogP contribution in [0.15, 0.2) is 18.2 Å². The number of nitrogen functional groups attached to an aromatic ring is 1. The van der Waals surface area contributed by atoms with E-state index in [4.69, 9.17) is 10.8 Å². The maximum atomic E-state index is 12.4. The van der Waals surface area contributed by atoms with Gasteiger partial charge < -0.3 is 15.7 Å². The normalized spacial score (nSPS) is 19.2. The molecule has 6 heteroatoms. The first-order chi connectivity index (χ1) is 9.17. The second kappa shape index (κ2) is 4.79. The first-order valence-corrected chi connectivity index (χ1v) is 7.05. The number of nitrogens with two attached hydrogens (primary N) is 1. The van der Waals surface area contributed by atoms with Crippen molar-refractivity contribution in [3.8, 4) is 0 Å². The highest BCUT2D eigenvalue weighted by Gasteiger charge is 2.26. The molecule has 1 amide bonds.